The molecule has 0 aliphatic carbocycles. The van der Waals surface area contributed by atoms with E-state index in [2.05, 4.69) is 18.0 Å². The summed E-state index contributed by atoms with van der Waals surface area (Å²) in [6, 6.07) is 6.48. The van der Waals surface area contributed by atoms with Crippen LogP contribution >= 0.6 is 0 Å². The summed E-state index contributed by atoms with van der Waals surface area (Å²) in [6.07, 6.45) is 3.62. The van der Waals surface area contributed by atoms with Crippen molar-refractivity contribution in [2.75, 3.05) is 25.1 Å². The van der Waals surface area contributed by atoms with Gasteiger partial charge in [-0.25, -0.2) is 0 Å². The Morgan fingerprint density at radius 2 is 2.20 bits per heavy atom. The van der Waals surface area contributed by atoms with Gasteiger partial charge in [0.15, 0.2) is 0 Å². The first kappa shape index (κ1) is 10.3. The van der Waals surface area contributed by atoms with Crippen molar-refractivity contribution in [1.29, 1.82) is 0 Å². The Morgan fingerprint density at radius 3 is 2.80 bits per heavy atom. The second kappa shape index (κ2) is 4.11. The van der Waals surface area contributed by atoms with E-state index in [1.165, 1.54) is 24.9 Å². The maximum atomic E-state index is 5.95. The van der Waals surface area contributed by atoms with Gasteiger partial charge >= 0.3 is 0 Å². The van der Waals surface area contributed by atoms with Crippen LogP contribution in [0.25, 0.3) is 0 Å². The lowest BCUT2D eigenvalue weighted by Crippen LogP contribution is -2.27. The van der Waals surface area contributed by atoms with Crippen molar-refractivity contribution in [3.63, 3.8) is 0 Å². The van der Waals surface area contributed by atoms with E-state index in [-0.39, 0.29) is 0 Å². The molecule has 1 atom stereocenters. The second-order valence-corrected chi connectivity index (χ2v) is 4.44. The van der Waals surface area contributed by atoms with Crippen molar-refractivity contribution in [2.24, 2.45) is 0 Å². The normalized spacial score (nSPS) is 22.1. The highest BCUT2D eigenvalue weighted by Crippen LogP contribution is 2.23. The Labute approximate surface area is 91.1 Å². The number of nitrogens with zero attached hydrogens (tertiary/aromatic N) is 1. The second-order valence-electron chi connectivity index (χ2n) is 4.44. The molecule has 1 aliphatic heterocycles. The number of benzene rings is 1. The van der Waals surface area contributed by atoms with Crippen molar-refractivity contribution in [3.8, 4) is 0 Å². The SMILES string of the molecule is CN1CCCC1Cc1ccc(N)cc1N. The zero-order chi connectivity index (χ0) is 10.8. The lowest BCUT2D eigenvalue weighted by atomic mass is 10.0. The molecule has 0 saturated carbocycles. The summed E-state index contributed by atoms with van der Waals surface area (Å²) in [5, 5.41) is 0. The molecule has 1 aliphatic rings. The Balaban J connectivity index is 2.10. The van der Waals surface area contributed by atoms with Gasteiger partial charge in [0.2, 0.25) is 0 Å². The topological polar surface area (TPSA) is 55.3 Å². The summed E-state index contributed by atoms with van der Waals surface area (Å²) in [5.74, 6) is 0. The molecule has 1 fully saturated rings. The van der Waals surface area contributed by atoms with Crippen molar-refractivity contribution in [2.45, 2.75) is 25.3 Å². The first-order chi connectivity index (χ1) is 7.16. The predicted molar refractivity (Wildman–Crippen MR) is 64.6 cm³/mol. The highest BCUT2D eigenvalue weighted by Gasteiger charge is 2.21. The minimum absolute atomic E-state index is 0.649. The Bertz CT molecular complexity index is 349. The quantitative estimate of drug-likeness (QED) is 0.719. The molecule has 1 aromatic rings. The molecule has 0 aromatic heterocycles. The predicted octanol–water partition coefficient (Wildman–Crippen LogP) is 1.49. The minimum atomic E-state index is 0.649. The van der Waals surface area contributed by atoms with Gasteiger partial charge < -0.3 is 16.4 Å². The van der Waals surface area contributed by atoms with E-state index in [1.807, 2.05) is 12.1 Å². The van der Waals surface area contributed by atoms with Gasteiger partial charge in [0.1, 0.15) is 0 Å². The van der Waals surface area contributed by atoms with Crippen LogP contribution in [0.3, 0.4) is 0 Å². The van der Waals surface area contributed by atoms with Crippen molar-refractivity contribution < 1.29 is 0 Å². The number of likely N-dealkylation sites (N-methyl/N-ethyl adjacent to an activating group) is 1. The van der Waals surface area contributed by atoms with E-state index in [1.54, 1.807) is 0 Å². The fourth-order valence-electron chi connectivity index (χ4n) is 2.29. The molecule has 15 heavy (non-hydrogen) atoms. The molecule has 0 spiro atoms. The Hall–Kier alpha value is -1.22. The van der Waals surface area contributed by atoms with Gasteiger partial charge in [0, 0.05) is 17.4 Å². The number of nitrogens with two attached hydrogens (primary N) is 2. The molecule has 0 radical (unpaired) electrons. The molecular formula is C12H19N3. The first-order valence-electron chi connectivity index (χ1n) is 5.51. The molecule has 3 heteroatoms. The molecule has 1 heterocycles. The standard InChI is InChI=1S/C12H19N3/c1-15-6-2-3-11(15)7-9-4-5-10(13)8-12(9)14/h4-5,8,11H,2-3,6-7,13-14H2,1H3. The van der Waals surface area contributed by atoms with Crippen molar-refractivity contribution in [3.05, 3.63) is 23.8 Å². The van der Waals surface area contributed by atoms with E-state index in [0.717, 1.165) is 17.8 Å². The molecule has 2 rings (SSSR count). The zero-order valence-corrected chi connectivity index (χ0v) is 9.24. The van der Waals surface area contributed by atoms with Gasteiger partial charge in [-0.1, -0.05) is 6.07 Å². The number of anilines is 2. The zero-order valence-electron chi connectivity index (χ0n) is 9.24. The summed E-state index contributed by atoms with van der Waals surface area (Å²) in [5.41, 5.74) is 14.4. The summed E-state index contributed by atoms with van der Waals surface area (Å²) in [6.45, 7) is 1.21. The Kier molecular flexibility index (Phi) is 2.82. The average Bonchev–Trinajstić information content (AvgIpc) is 2.57. The fourth-order valence-corrected chi connectivity index (χ4v) is 2.29. The molecule has 1 aromatic carbocycles. The first-order valence-corrected chi connectivity index (χ1v) is 5.51. The van der Waals surface area contributed by atoms with Crippen LogP contribution in [0.5, 0.6) is 0 Å². The van der Waals surface area contributed by atoms with Gasteiger partial charge in [-0.05, 0) is 50.6 Å². The van der Waals surface area contributed by atoms with Crippen LogP contribution in [0.15, 0.2) is 18.2 Å². The number of hydrogen-bond donors (Lipinski definition) is 2. The van der Waals surface area contributed by atoms with Gasteiger partial charge in [-0.15, -0.1) is 0 Å². The molecule has 1 unspecified atom stereocenters. The average molecular weight is 205 g/mol. The van der Waals surface area contributed by atoms with Crippen molar-refractivity contribution in [1.82, 2.24) is 4.90 Å². The third-order valence-electron chi connectivity index (χ3n) is 3.30. The maximum Gasteiger partial charge on any atom is 0.0367 e. The van der Waals surface area contributed by atoms with Crippen LogP contribution in [0.4, 0.5) is 11.4 Å². The van der Waals surface area contributed by atoms with Crippen LogP contribution in [-0.4, -0.2) is 24.5 Å². The van der Waals surface area contributed by atoms with E-state index < -0.39 is 0 Å². The Morgan fingerprint density at radius 1 is 1.40 bits per heavy atom. The van der Waals surface area contributed by atoms with Crippen LogP contribution in [0, 0.1) is 0 Å². The van der Waals surface area contributed by atoms with E-state index in [9.17, 15) is 0 Å². The van der Waals surface area contributed by atoms with Gasteiger partial charge in [0.25, 0.3) is 0 Å². The van der Waals surface area contributed by atoms with E-state index >= 15 is 0 Å². The number of nitrogen functional groups attached to an aromatic ring is 2. The van der Waals surface area contributed by atoms with Gasteiger partial charge in [0.05, 0.1) is 0 Å². The van der Waals surface area contributed by atoms with E-state index in [0.29, 0.717) is 6.04 Å². The lowest BCUT2D eigenvalue weighted by Gasteiger charge is -2.20. The fraction of sp³-hybridized carbons (Fsp3) is 0.500. The smallest absolute Gasteiger partial charge is 0.0367 e. The number of rotatable bonds is 2. The van der Waals surface area contributed by atoms with Crippen LogP contribution in [0.1, 0.15) is 18.4 Å². The van der Waals surface area contributed by atoms with E-state index in [4.69, 9.17) is 11.5 Å². The van der Waals surface area contributed by atoms with Crippen LogP contribution < -0.4 is 11.5 Å². The summed E-state index contributed by atoms with van der Waals surface area (Å²) in [7, 11) is 2.19. The molecule has 1 saturated heterocycles. The van der Waals surface area contributed by atoms with Gasteiger partial charge in [-0.2, -0.15) is 0 Å². The van der Waals surface area contributed by atoms with Crippen LogP contribution in [-0.2, 0) is 6.42 Å². The summed E-state index contributed by atoms with van der Waals surface area (Å²) < 4.78 is 0. The largest absolute Gasteiger partial charge is 0.399 e. The number of likely N-dealkylation sites (tertiary alicyclic amines) is 1. The summed E-state index contributed by atoms with van der Waals surface area (Å²) >= 11 is 0. The number of hydrogen-bond acceptors (Lipinski definition) is 3. The molecule has 3 nitrogen and oxygen atoms in total. The summed E-state index contributed by atoms with van der Waals surface area (Å²) in [4.78, 5) is 2.41. The molecule has 4 N–H and O–H groups in total. The minimum Gasteiger partial charge on any atom is -0.399 e. The van der Waals surface area contributed by atoms with Crippen molar-refractivity contribution >= 4 is 11.4 Å². The lowest BCUT2D eigenvalue weighted by molar-refractivity contribution is 0.309. The maximum absolute atomic E-state index is 5.95. The third kappa shape index (κ3) is 2.23. The van der Waals surface area contributed by atoms with Crippen LogP contribution in [0.2, 0.25) is 0 Å². The third-order valence-corrected chi connectivity index (χ3v) is 3.30. The highest BCUT2D eigenvalue weighted by atomic mass is 15.1. The molecule has 82 valence electrons. The molecule has 0 amide bonds. The highest BCUT2D eigenvalue weighted by molar-refractivity contribution is 5.56. The molecule has 0 bridgehead atoms. The molecular weight excluding hydrogens is 186 g/mol. The van der Waals surface area contributed by atoms with Gasteiger partial charge in [-0.3, -0.25) is 0 Å². The monoisotopic (exact) mass is 205 g/mol.